The summed E-state index contributed by atoms with van der Waals surface area (Å²) in [6.07, 6.45) is 0.290. The van der Waals surface area contributed by atoms with Crippen LogP contribution in [0, 0.1) is 0 Å². The molecule has 0 heterocycles. The Kier molecular flexibility index (Phi) is 10.5. The van der Waals surface area contributed by atoms with Crippen LogP contribution in [0.2, 0.25) is 0 Å². The molecule has 2 aromatic carbocycles. The standard InChI is InChI=1S/C15H16O3.2C2H6/c1-3-18-15(16)9-12-6-4-5-11-7-8-13(17-2)10-14(11)12;2*1-2/h4-8,10H,3,9H2,1-2H3;2*1-2H3. The summed E-state index contributed by atoms with van der Waals surface area (Å²) >= 11 is 0. The lowest BCUT2D eigenvalue weighted by Crippen LogP contribution is -2.07. The molecule has 0 unspecified atom stereocenters. The van der Waals surface area contributed by atoms with Crippen molar-refractivity contribution in [2.24, 2.45) is 0 Å². The molecule has 0 atom stereocenters. The van der Waals surface area contributed by atoms with Crippen LogP contribution in [0.5, 0.6) is 5.75 Å². The number of ether oxygens (including phenoxy) is 2. The highest BCUT2D eigenvalue weighted by molar-refractivity contribution is 5.90. The molecule has 0 bridgehead atoms. The lowest BCUT2D eigenvalue weighted by atomic mass is 10.0. The van der Waals surface area contributed by atoms with Crippen LogP contribution in [0.15, 0.2) is 36.4 Å². The maximum Gasteiger partial charge on any atom is 0.310 e. The van der Waals surface area contributed by atoms with Gasteiger partial charge in [-0.25, -0.2) is 0 Å². The van der Waals surface area contributed by atoms with Crippen molar-refractivity contribution in [1.82, 2.24) is 0 Å². The Labute approximate surface area is 134 Å². The molecule has 0 amide bonds. The molecular weight excluding hydrogens is 276 g/mol. The van der Waals surface area contributed by atoms with Crippen molar-refractivity contribution in [2.75, 3.05) is 13.7 Å². The van der Waals surface area contributed by atoms with Crippen LogP contribution in [0.1, 0.15) is 40.2 Å². The van der Waals surface area contributed by atoms with Gasteiger partial charge in [-0.15, -0.1) is 0 Å². The van der Waals surface area contributed by atoms with Gasteiger partial charge in [0.2, 0.25) is 0 Å². The molecule has 2 rings (SSSR count). The van der Waals surface area contributed by atoms with Crippen LogP contribution >= 0.6 is 0 Å². The number of hydrogen-bond acceptors (Lipinski definition) is 3. The Morgan fingerprint density at radius 3 is 2.32 bits per heavy atom. The number of benzene rings is 2. The van der Waals surface area contributed by atoms with Crippen molar-refractivity contribution in [2.45, 2.75) is 41.0 Å². The van der Waals surface area contributed by atoms with Crippen molar-refractivity contribution in [3.8, 4) is 5.75 Å². The number of hydrogen-bond donors (Lipinski definition) is 0. The molecular formula is C19H28O3. The Morgan fingerprint density at radius 1 is 1.05 bits per heavy atom. The predicted octanol–water partition coefficient (Wildman–Crippen LogP) is 5.01. The van der Waals surface area contributed by atoms with Gasteiger partial charge in [-0.3, -0.25) is 4.79 Å². The fourth-order valence-corrected chi connectivity index (χ4v) is 1.97. The van der Waals surface area contributed by atoms with Crippen LogP contribution in [-0.4, -0.2) is 19.7 Å². The lowest BCUT2D eigenvalue weighted by Gasteiger charge is -2.08. The molecule has 0 aliphatic rings. The molecule has 122 valence electrons. The van der Waals surface area contributed by atoms with Crippen molar-refractivity contribution in [1.29, 1.82) is 0 Å². The van der Waals surface area contributed by atoms with Crippen molar-refractivity contribution in [3.63, 3.8) is 0 Å². The van der Waals surface area contributed by atoms with Gasteiger partial charge in [0, 0.05) is 0 Å². The Hall–Kier alpha value is -2.03. The topological polar surface area (TPSA) is 35.5 Å². The highest BCUT2D eigenvalue weighted by Gasteiger charge is 2.08. The minimum atomic E-state index is -0.201. The van der Waals surface area contributed by atoms with E-state index in [1.807, 2.05) is 71.0 Å². The van der Waals surface area contributed by atoms with Crippen LogP contribution in [0.4, 0.5) is 0 Å². The van der Waals surface area contributed by atoms with Gasteiger partial charge < -0.3 is 9.47 Å². The van der Waals surface area contributed by atoms with E-state index in [1.165, 1.54) is 0 Å². The summed E-state index contributed by atoms with van der Waals surface area (Å²) in [6.45, 7) is 10.2. The van der Waals surface area contributed by atoms with Gasteiger partial charge in [0.25, 0.3) is 0 Å². The van der Waals surface area contributed by atoms with E-state index in [1.54, 1.807) is 7.11 Å². The number of esters is 1. The van der Waals surface area contributed by atoms with E-state index in [-0.39, 0.29) is 5.97 Å². The highest BCUT2D eigenvalue weighted by Crippen LogP contribution is 2.24. The van der Waals surface area contributed by atoms with E-state index >= 15 is 0 Å². The second kappa shape index (κ2) is 11.6. The predicted molar refractivity (Wildman–Crippen MR) is 93.5 cm³/mol. The SMILES string of the molecule is CC.CC.CCOC(=O)Cc1cccc2ccc(OC)cc12. The summed E-state index contributed by atoms with van der Waals surface area (Å²) < 4.78 is 10.2. The average Bonchev–Trinajstić information content (AvgIpc) is 2.58. The molecule has 0 aliphatic carbocycles. The van der Waals surface area contributed by atoms with Crippen molar-refractivity contribution in [3.05, 3.63) is 42.0 Å². The summed E-state index contributed by atoms with van der Waals surface area (Å²) in [7, 11) is 1.63. The molecule has 2 aromatic rings. The first-order valence-electron chi connectivity index (χ1n) is 7.96. The minimum absolute atomic E-state index is 0.201. The van der Waals surface area contributed by atoms with E-state index in [2.05, 4.69) is 0 Å². The monoisotopic (exact) mass is 304 g/mol. The zero-order valence-corrected chi connectivity index (χ0v) is 14.6. The van der Waals surface area contributed by atoms with Crippen LogP contribution in [0.25, 0.3) is 10.8 Å². The summed E-state index contributed by atoms with van der Waals surface area (Å²) in [5.74, 6) is 0.589. The Bertz CT molecular complexity index is 562. The van der Waals surface area contributed by atoms with E-state index in [0.717, 1.165) is 22.1 Å². The van der Waals surface area contributed by atoms with Crippen LogP contribution in [0.3, 0.4) is 0 Å². The second-order valence-corrected chi connectivity index (χ2v) is 3.99. The van der Waals surface area contributed by atoms with Gasteiger partial charge in [-0.1, -0.05) is 52.0 Å². The first kappa shape index (κ1) is 20.0. The molecule has 0 spiro atoms. The zero-order valence-electron chi connectivity index (χ0n) is 14.6. The zero-order chi connectivity index (χ0) is 17.0. The molecule has 0 aliphatic heterocycles. The largest absolute Gasteiger partial charge is 0.497 e. The second-order valence-electron chi connectivity index (χ2n) is 3.99. The molecule has 0 aromatic heterocycles. The van der Waals surface area contributed by atoms with E-state index in [9.17, 15) is 4.79 Å². The van der Waals surface area contributed by atoms with Crippen LogP contribution in [-0.2, 0) is 16.0 Å². The molecule has 3 nitrogen and oxygen atoms in total. The Morgan fingerprint density at radius 2 is 1.73 bits per heavy atom. The van der Waals surface area contributed by atoms with Crippen molar-refractivity contribution < 1.29 is 14.3 Å². The van der Waals surface area contributed by atoms with E-state index < -0.39 is 0 Å². The van der Waals surface area contributed by atoms with Crippen LogP contribution < -0.4 is 4.74 Å². The minimum Gasteiger partial charge on any atom is -0.497 e. The summed E-state index contributed by atoms with van der Waals surface area (Å²) in [6, 6.07) is 11.8. The third-order valence-electron chi connectivity index (χ3n) is 2.82. The molecule has 0 saturated carbocycles. The maximum absolute atomic E-state index is 11.6. The first-order valence-corrected chi connectivity index (χ1v) is 7.96. The molecule has 0 radical (unpaired) electrons. The van der Waals surface area contributed by atoms with Gasteiger partial charge in [-0.05, 0) is 35.4 Å². The number of rotatable bonds is 4. The molecule has 0 fully saturated rings. The smallest absolute Gasteiger partial charge is 0.310 e. The first-order chi connectivity index (χ1) is 10.7. The van der Waals surface area contributed by atoms with E-state index in [0.29, 0.717) is 13.0 Å². The number of carbonyl (C=O) groups excluding carboxylic acids is 1. The van der Waals surface area contributed by atoms with Gasteiger partial charge >= 0.3 is 5.97 Å². The fraction of sp³-hybridized carbons (Fsp3) is 0.421. The quantitative estimate of drug-likeness (QED) is 0.745. The van der Waals surface area contributed by atoms with Gasteiger partial charge in [0.1, 0.15) is 5.75 Å². The summed E-state index contributed by atoms with van der Waals surface area (Å²) in [4.78, 5) is 11.6. The Balaban J connectivity index is 0.00000102. The fourth-order valence-electron chi connectivity index (χ4n) is 1.97. The van der Waals surface area contributed by atoms with Gasteiger partial charge in [0.15, 0.2) is 0 Å². The van der Waals surface area contributed by atoms with Gasteiger partial charge in [0.05, 0.1) is 20.1 Å². The third-order valence-corrected chi connectivity index (χ3v) is 2.82. The average molecular weight is 304 g/mol. The molecule has 0 N–H and O–H groups in total. The van der Waals surface area contributed by atoms with Gasteiger partial charge in [-0.2, -0.15) is 0 Å². The molecule has 22 heavy (non-hydrogen) atoms. The normalized spacial score (nSPS) is 9.00. The highest BCUT2D eigenvalue weighted by atomic mass is 16.5. The summed E-state index contributed by atoms with van der Waals surface area (Å²) in [5.41, 5.74) is 0.963. The maximum atomic E-state index is 11.6. The third kappa shape index (κ3) is 5.76. The number of fused-ring (bicyclic) bond motifs is 1. The molecule has 3 heteroatoms. The lowest BCUT2D eigenvalue weighted by molar-refractivity contribution is -0.142. The van der Waals surface area contributed by atoms with E-state index in [4.69, 9.17) is 9.47 Å². The van der Waals surface area contributed by atoms with Crippen molar-refractivity contribution >= 4 is 16.7 Å². The number of methoxy groups -OCH3 is 1. The molecule has 0 saturated heterocycles. The number of carbonyl (C=O) groups is 1. The summed E-state index contributed by atoms with van der Waals surface area (Å²) in [5, 5.41) is 2.13.